The molecule has 2 heterocycles. The van der Waals surface area contributed by atoms with Crippen molar-refractivity contribution in [2.24, 2.45) is 0 Å². The van der Waals surface area contributed by atoms with Crippen LogP contribution in [-0.4, -0.2) is 14.7 Å². The molecule has 0 radical (unpaired) electrons. The average Bonchev–Trinajstić information content (AvgIpc) is 2.63. The summed E-state index contributed by atoms with van der Waals surface area (Å²) >= 11 is 5.04. The van der Waals surface area contributed by atoms with E-state index in [-0.39, 0.29) is 0 Å². The van der Waals surface area contributed by atoms with Crippen molar-refractivity contribution >= 4 is 12.2 Å². The van der Waals surface area contributed by atoms with Crippen molar-refractivity contribution < 1.29 is 4.52 Å². The zero-order valence-corrected chi connectivity index (χ0v) is 9.20. The van der Waals surface area contributed by atoms with E-state index in [4.69, 9.17) is 16.7 Å². The summed E-state index contributed by atoms with van der Waals surface area (Å²) in [6.45, 7) is 2.88. The summed E-state index contributed by atoms with van der Waals surface area (Å²) < 4.78 is 6.85. The van der Waals surface area contributed by atoms with Gasteiger partial charge in [-0.05, 0) is 30.8 Å². The van der Waals surface area contributed by atoms with Crippen LogP contribution >= 0.6 is 12.2 Å². The fourth-order valence-corrected chi connectivity index (χ4v) is 1.58. The summed E-state index contributed by atoms with van der Waals surface area (Å²) in [4.78, 5) is 4.62. The lowest BCUT2D eigenvalue weighted by Crippen LogP contribution is -2.00. The molecule has 2 aromatic heterocycles. The van der Waals surface area contributed by atoms with Crippen LogP contribution in [0, 0.1) is 4.84 Å². The van der Waals surface area contributed by atoms with Crippen LogP contribution in [0.5, 0.6) is 0 Å². The van der Waals surface area contributed by atoms with Crippen LogP contribution in [0.3, 0.4) is 0 Å². The normalized spacial score (nSPS) is 10.5. The highest BCUT2D eigenvalue weighted by atomic mass is 32.1. The first-order valence-electron chi connectivity index (χ1n) is 4.81. The molecule has 15 heavy (non-hydrogen) atoms. The maximum absolute atomic E-state index is 5.04. The zero-order valence-electron chi connectivity index (χ0n) is 8.38. The lowest BCUT2D eigenvalue weighted by atomic mass is 10.3. The minimum atomic E-state index is 0.400. The highest BCUT2D eigenvalue weighted by Crippen LogP contribution is 2.15. The van der Waals surface area contributed by atoms with Crippen LogP contribution in [-0.2, 0) is 6.54 Å². The van der Waals surface area contributed by atoms with Gasteiger partial charge in [-0.25, -0.2) is 0 Å². The Balaban J connectivity index is 2.49. The fourth-order valence-electron chi connectivity index (χ4n) is 1.37. The van der Waals surface area contributed by atoms with E-state index in [0.717, 1.165) is 18.7 Å². The van der Waals surface area contributed by atoms with Crippen LogP contribution in [0.4, 0.5) is 0 Å². The van der Waals surface area contributed by atoms with Crippen LogP contribution in [0.1, 0.15) is 13.3 Å². The first-order valence-corrected chi connectivity index (χ1v) is 5.21. The van der Waals surface area contributed by atoms with Crippen molar-refractivity contribution in [2.45, 2.75) is 19.9 Å². The molecule has 2 aromatic rings. The summed E-state index contributed by atoms with van der Waals surface area (Å²) in [6, 6.07) is 5.66. The van der Waals surface area contributed by atoms with Gasteiger partial charge in [-0.3, -0.25) is 9.55 Å². The van der Waals surface area contributed by atoms with Gasteiger partial charge in [0.25, 0.3) is 4.84 Å². The predicted octanol–water partition coefficient (Wildman–Crippen LogP) is 2.68. The largest absolute Gasteiger partial charge is 0.324 e. The molecule has 2 rings (SSSR count). The van der Waals surface area contributed by atoms with Gasteiger partial charge in [0.1, 0.15) is 5.69 Å². The monoisotopic (exact) mass is 221 g/mol. The Bertz CT molecular complexity index is 489. The Kier molecular flexibility index (Phi) is 2.91. The molecule has 0 fully saturated rings. The standard InChI is InChI=1S/C10H11N3OS/c1-2-7-13-9(12-14-10(13)15)8-5-3-4-6-11-8/h3-6H,2,7H2,1H3. The molecule has 0 saturated carbocycles. The maximum Gasteiger partial charge on any atom is 0.297 e. The van der Waals surface area contributed by atoms with Crippen LogP contribution in [0.25, 0.3) is 11.5 Å². The van der Waals surface area contributed by atoms with Gasteiger partial charge >= 0.3 is 0 Å². The third-order valence-electron chi connectivity index (χ3n) is 2.03. The number of hydrogen-bond acceptors (Lipinski definition) is 4. The van der Waals surface area contributed by atoms with Crippen molar-refractivity contribution in [3.63, 3.8) is 0 Å². The molecule has 5 heteroatoms. The van der Waals surface area contributed by atoms with Crippen LogP contribution in [0.2, 0.25) is 0 Å². The predicted molar refractivity (Wildman–Crippen MR) is 58.8 cm³/mol. The number of nitrogens with zero attached hydrogens (tertiary/aromatic N) is 3. The first kappa shape index (κ1) is 10.0. The summed E-state index contributed by atoms with van der Waals surface area (Å²) in [6.07, 6.45) is 2.71. The summed E-state index contributed by atoms with van der Waals surface area (Å²) in [5, 5.41) is 3.93. The van der Waals surface area contributed by atoms with Gasteiger partial charge in [0.05, 0.1) is 0 Å². The molecule has 4 nitrogen and oxygen atoms in total. The first-order chi connectivity index (χ1) is 7.33. The molecular formula is C10H11N3OS. The van der Waals surface area contributed by atoms with Crippen molar-refractivity contribution in [2.75, 3.05) is 0 Å². The Labute approximate surface area is 92.6 Å². The number of rotatable bonds is 3. The second-order valence-corrected chi connectivity index (χ2v) is 3.49. The van der Waals surface area contributed by atoms with Gasteiger partial charge in [-0.2, -0.15) is 0 Å². The molecule has 0 spiro atoms. The molecule has 0 unspecified atom stereocenters. The van der Waals surface area contributed by atoms with E-state index in [9.17, 15) is 0 Å². The fraction of sp³-hybridized carbons (Fsp3) is 0.300. The Morgan fingerprint density at radius 2 is 2.33 bits per heavy atom. The highest BCUT2D eigenvalue weighted by Gasteiger charge is 2.10. The van der Waals surface area contributed by atoms with Gasteiger partial charge < -0.3 is 4.52 Å². The van der Waals surface area contributed by atoms with Crippen LogP contribution < -0.4 is 0 Å². The van der Waals surface area contributed by atoms with Crippen molar-refractivity contribution in [3.05, 3.63) is 29.2 Å². The van der Waals surface area contributed by atoms with Crippen molar-refractivity contribution in [3.8, 4) is 11.5 Å². The molecule has 0 amide bonds. The van der Waals surface area contributed by atoms with E-state index in [1.165, 1.54) is 0 Å². The summed E-state index contributed by atoms with van der Waals surface area (Å²) in [5.41, 5.74) is 0.783. The van der Waals surface area contributed by atoms with Crippen LogP contribution in [0.15, 0.2) is 28.9 Å². The molecule has 0 aliphatic heterocycles. The highest BCUT2D eigenvalue weighted by molar-refractivity contribution is 7.71. The topological polar surface area (TPSA) is 43.9 Å². The van der Waals surface area contributed by atoms with Gasteiger partial charge in [-0.15, -0.1) is 0 Å². The average molecular weight is 221 g/mol. The third kappa shape index (κ3) is 1.97. The second-order valence-electron chi connectivity index (χ2n) is 3.14. The van der Waals surface area contributed by atoms with E-state index >= 15 is 0 Å². The van der Waals surface area contributed by atoms with Crippen molar-refractivity contribution in [1.29, 1.82) is 0 Å². The summed E-state index contributed by atoms with van der Waals surface area (Å²) in [5.74, 6) is 0.697. The third-order valence-corrected chi connectivity index (χ3v) is 2.32. The number of aromatic nitrogens is 3. The number of hydrogen-bond donors (Lipinski definition) is 0. The molecule has 0 aromatic carbocycles. The smallest absolute Gasteiger partial charge is 0.297 e. The molecule has 0 aliphatic carbocycles. The zero-order chi connectivity index (χ0) is 10.7. The lowest BCUT2D eigenvalue weighted by Gasteiger charge is -2.01. The van der Waals surface area contributed by atoms with E-state index < -0.39 is 0 Å². The Morgan fingerprint density at radius 1 is 1.47 bits per heavy atom. The molecule has 0 saturated heterocycles. The SMILES string of the molecule is CCCn1c(-c2ccccn2)noc1=S. The Morgan fingerprint density at radius 3 is 3.00 bits per heavy atom. The van der Waals surface area contributed by atoms with E-state index in [0.29, 0.717) is 10.7 Å². The Hall–Kier alpha value is -1.49. The molecule has 0 N–H and O–H groups in total. The van der Waals surface area contributed by atoms with E-state index in [1.54, 1.807) is 6.20 Å². The van der Waals surface area contributed by atoms with Gasteiger partial charge in [0.2, 0.25) is 5.82 Å². The van der Waals surface area contributed by atoms with Gasteiger partial charge in [0, 0.05) is 12.7 Å². The summed E-state index contributed by atoms with van der Waals surface area (Å²) in [7, 11) is 0. The molecule has 78 valence electrons. The van der Waals surface area contributed by atoms with E-state index in [1.807, 2.05) is 22.8 Å². The molecular weight excluding hydrogens is 210 g/mol. The minimum absolute atomic E-state index is 0.400. The molecule has 0 bridgehead atoms. The van der Waals surface area contributed by atoms with E-state index in [2.05, 4.69) is 17.1 Å². The second kappa shape index (κ2) is 4.35. The molecule has 0 atom stereocenters. The quantitative estimate of drug-likeness (QED) is 0.747. The van der Waals surface area contributed by atoms with Crippen molar-refractivity contribution in [1.82, 2.24) is 14.7 Å². The number of pyridine rings is 1. The van der Waals surface area contributed by atoms with Gasteiger partial charge in [-0.1, -0.05) is 18.1 Å². The van der Waals surface area contributed by atoms with Gasteiger partial charge in [0.15, 0.2) is 0 Å². The lowest BCUT2D eigenvalue weighted by molar-refractivity contribution is 0.396. The minimum Gasteiger partial charge on any atom is -0.324 e. The maximum atomic E-state index is 5.04. The molecule has 0 aliphatic rings.